The Morgan fingerprint density at radius 2 is 1.88 bits per heavy atom. The topological polar surface area (TPSA) is 9.23 Å². The van der Waals surface area contributed by atoms with Crippen molar-refractivity contribution in [2.75, 3.05) is 0 Å². The van der Waals surface area contributed by atoms with Gasteiger partial charge in [0.2, 0.25) is 8.32 Å². The molecule has 0 spiro atoms. The number of rotatable bonds is 2. The normalized spacial score (nSPS) is 12.5. The fraction of sp³-hybridized carbons (Fsp3) is 0.600. The fourth-order valence-electron chi connectivity index (χ4n) is 0.230. The van der Waals surface area contributed by atoms with Crippen LogP contribution in [0.25, 0.3) is 0 Å². The molecule has 0 rings (SSSR count). The molecule has 3 heteroatoms. The second-order valence-corrected chi connectivity index (χ2v) is 6.95. The van der Waals surface area contributed by atoms with Crippen LogP contribution in [0.15, 0.2) is 12.6 Å². The van der Waals surface area contributed by atoms with Gasteiger partial charge in [0.15, 0.2) is 0 Å². The molecule has 0 aromatic heterocycles. The quantitative estimate of drug-likeness (QED) is 0.416. The molecule has 1 nitrogen and oxygen atoms in total. The van der Waals surface area contributed by atoms with Crippen molar-refractivity contribution in [1.82, 2.24) is 0 Å². The highest BCUT2D eigenvalue weighted by Gasteiger charge is 2.12. The van der Waals surface area contributed by atoms with E-state index in [9.17, 15) is 4.39 Å². The predicted octanol–water partition coefficient (Wildman–Crippen LogP) is 2.28. The van der Waals surface area contributed by atoms with Gasteiger partial charge in [-0.1, -0.05) is 0 Å². The maximum absolute atomic E-state index is 11.2. The van der Waals surface area contributed by atoms with Crippen LogP contribution >= 0.6 is 0 Å². The van der Waals surface area contributed by atoms with E-state index in [0.29, 0.717) is 6.33 Å². The minimum Gasteiger partial charge on any atom is -0.548 e. The van der Waals surface area contributed by atoms with E-state index in [0.717, 1.165) is 6.26 Å². The van der Waals surface area contributed by atoms with Crippen LogP contribution in [0.1, 0.15) is 0 Å². The number of halogens is 1. The standard InChI is InChI=1S/C5H11FOSi/c1-8(2,3)7-5-4-6/h4-5H,1-3H3. The van der Waals surface area contributed by atoms with Gasteiger partial charge >= 0.3 is 0 Å². The fourth-order valence-corrected chi connectivity index (χ4v) is 0.690. The van der Waals surface area contributed by atoms with Crippen LogP contribution in [0.5, 0.6) is 0 Å². The summed E-state index contributed by atoms with van der Waals surface area (Å²) < 4.78 is 16.2. The van der Waals surface area contributed by atoms with Gasteiger partial charge in [0.25, 0.3) is 0 Å². The number of hydrogen-bond donors (Lipinski definition) is 0. The third-order valence-electron chi connectivity index (χ3n) is 0.473. The summed E-state index contributed by atoms with van der Waals surface area (Å²) in [6.45, 7) is 5.98. The summed E-state index contributed by atoms with van der Waals surface area (Å²) in [5.74, 6) is 0. The SMILES string of the molecule is C[Si](C)(C)OC=CF. The third-order valence-corrected chi connectivity index (χ3v) is 1.32. The zero-order valence-electron chi connectivity index (χ0n) is 5.44. The van der Waals surface area contributed by atoms with E-state index < -0.39 is 8.32 Å². The molecule has 0 saturated heterocycles. The summed E-state index contributed by atoms with van der Waals surface area (Å²) in [4.78, 5) is 0. The Labute approximate surface area is 50.3 Å². The van der Waals surface area contributed by atoms with Crippen molar-refractivity contribution in [3.8, 4) is 0 Å². The molecule has 0 fully saturated rings. The van der Waals surface area contributed by atoms with Crippen molar-refractivity contribution in [2.45, 2.75) is 19.6 Å². The summed E-state index contributed by atoms with van der Waals surface area (Å²) in [6.07, 6.45) is 1.52. The van der Waals surface area contributed by atoms with Crippen molar-refractivity contribution in [1.29, 1.82) is 0 Å². The van der Waals surface area contributed by atoms with E-state index in [4.69, 9.17) is 4.43 Å². The predicted molar refractivity (Wildman–Crippen MR) is 34.7 cm³/mol. The maximum atomic E-state index is 11.2. The lowest BCUT2D eigenvalue weighted by Crippen LogP contribution is -2.21. The highest BCUT2D eigenvalue weighted by atomic mass is 28.4. The van der Waals surface area contributed by atoms with E-state index in [-0.39, 0.29) is 0 Å². The smallest absolute Gasteiger partial charge is 0.241 e. The molecule has 0 N–H and O–H groups in total. The zero-order chi connectivity index (χ0) is 6.62. The van der Waals surface area contributed by atoms with Gasteiger partial charge in [0, 0.05) is 0 Å². The summed E-state index contributed by atoms with van der Waals surface area (Å²) in [5.41, 5.74) is 0. The molecule has 0 amide bonds. The van der Waals surface area contributed by atoms with Gasteiger partial charge in [0.05, 0.1) is 6.26 Å². The molecule has 0 radical (unpaired) electrons. The van der Waals surface area contributed by atoms with Crippen LogP contribution in [-0.2, 0) is 4.43 Å². The van der Waals surface area contributed by atoms with Crippen LogP contribution in [-0.4, -0.2) is 8.32 Å². The van der Waals surface area contributed by atoms with Crippen molar-refractivity contribution in [3.05, 3.63) is 12.6 Å². The molecule has 0 aliphatic rings. The molecule has 0 heterocycles. The second kappa shape index (κ2) is 2.87. The van der Waals surface area contributed by atoms with Gasteiger partial charge in [-0.3, -0.25) is 0 Å². The first-order valence-corrected chi connectivity index (χ1v) is 5.90. The van der Waals surface area contributed by atoms with Gasteiger partial charge in [-0.25, -0.2) is 4.39 Å². The van der Waals surface area contributed by atoms with Gasteiger partial charge in [-0.2, -0.15) is 0 Å². The first-order valence-electron chi connectivity index (χ1n) is 2.49. The molecule has 0 bridgehead atoms. The van der Waals surface area contributed by atoms with Crippen LogP contribution in [0.3, 0.4) is 0 Å². The van der Waals surface area contributed by atoms with Crippen LogP contribution in [0.2, 0.25) is 19.6 Å². The lowest BCUT2D eigenvalue weighted by molar-refractivity contribution is 0.464. The Balaban J connectivity index is 3.39. The van der Waals surface area contributed by atoms with Crippen LogP contribution in [0, 0.1) is 0 Å². The Kier molecular flexibility index (Phi) is 2.75. The van der Waals surface area contributed by atoms with Crippen molar-refractivity contribution in [2.24, 2.45) is 0 Å². The Hall–Kier alpha value is -0.313. The van der Waals surface area contributed by atoms with Gasteiger partial charge in [-0.15, -0.1) is 0 Å². The van der Waals surface area contributed by atoms with E-state index in [1.54, 1.807) is 0 Å². The average molecular weight is 134 g/mol. The maximum Gasteiger partial charge on any atom is 0.241 e. The summed E-state index contributed by atoms with van der Waals surface area (Å²) in [7, 11) is -1.50. The minimum absolute atomic E-state index is 0.415. The lowest BCUT2D eigenvalue weighted by atomic mass is 11.1. The number of hydrogen-bond acceptors (Lipinski definition) is 1. The van der Waals surface area contributed by atoms with E-state index >= 15 is 0 Å². The monoisotopic (exact) mass is 134 g/mol. The highest BCUT2D eigenvalue weighted by Crippen LogP contribution is 2.01. The van der Waals surface area contributed by atoms with Gasteiger partial charge in [0.1, 0.15) is 6.33 Å². The van der Waals surface area contributed by atoms with Gasteiger partial charge < -0.3 is 4.43 Å². The third kappa shape index (κ3) is 5.69. The molecule has 0 saturated carbocycles. The average Bonchev–Trinajstić information content (AvgIpc) is 1.59. The minimum atomic E-state index is -1.50. The molecule has 48 valence electrons. The summed E-state index contributed by atoms with van der Waals surface area (Å²) in [6, 6.07) is 0. The molecule has 0 unspecified atom stereocenters. The zero-order valence-corrected chi connectivity index (χ0v) is 6.44. The van der Waals surface area contributed by atoms with Crippen molar-refractivity contribution >= 4 is 8.32 Å². The Bertz CT molecular complexity index is 84.9. The molecule has 0 aromatic rings. The largest absolute Gasteiger partial charge is 0.548 e. The first-order chi connectivity index (χ1) is 3.56. The summed E-state index contributed by atoms with van der Waals surface area (Å²) in [5, 5.41) is 0. The van der Waals surface area contributed by atoms with E-state index in [1.165, 1.54) is 0 Å². The first kappa shape index (κ1) is 7.69. The molecule has 0 aliphatic carbocycles. The van der Waals surface area contributed by atoms with Gasteiger partial charge in [-0.05, 0) is 19.6 Å². The summed E-state index contributed by atoms with van der Waals surface area (Å²) >= 11 is 0. The van der Waals surface area contributed by atoms with E-state index in [2.05, 4.69) is 0 Å². The Morgan fingerprint density at radius 3 is 2.00 bits per heavy atom. The Morgan fingerprint density at radius 1 is 1.38 bits per heavy atom. The molecule has 0 aromatic carbocycles. The lowest BCUT2D eigenvalue weighted by Gasteiger charge is -2.13. The van der Waals surface area contributed by atoms with Crippen LogP contribution < -0.4 is 0 Å². The van der Waals surface area contributed by atoms with Crippen molar-refractivity contribution < 1.29 is 8.82 Å². The van der Waals surface area contributed by atoms with Crippen molar-refractivity contribution in [3.63, 3.8) is 0 Å². The van der Waals surface area contributed by atoms with Crippen LogP contribution in [0.4, 0.5) is 4.39 Å². The molecule has 0 aliphatic heterocycles. The molecular formula is C5H11FOSi. The second-order valence-electron chi connectivity index (χ2n) is 2.49. The van der Waals surface area contributed by atoms with E-state index in [1.807, 2.05) is 19.6 Å². The molecule has 0 atom stereocenters. The highest BCUT2D eigenvalue weighted by molar-refractivity contribution is 6.69. The molecule has 8 heavy (non-hydrogen) atoms. The molecular weight excluding hydrogens is 123 g/mol.